The number of nitrogens with zero attached hydrogens (tertiary/aromatic N) is 1. The minimum Gasteiger partial charge on any atom is -0.381 e. The van der Waals surface area contributed by atoms with E-state index in [9.17, 15) is 4.79 Å². The van der Waals surface area contributed by atoms with Crippen LogP contribution in [0.1, 0.15) is 36.6 Å². The number of ether oxygens (including phenoxy) is 1. The molecule has 26 heavy (non-hydrogen) atoms. The molecule has 0 unspecified atom stereocenters. The topological polar surface area (TPSA) is 77.2 Å². The highest BCUT2D eigenvalue weighted by Gasteiger charge is 2.39. The summed E-state index contributed by atoms with van der Waals surface area (Å²) in [6, 6.07) is 8.53. The molecule has 0 radical (unpaired) electrons. The molecule has 3 rings (SSSR count). The molecule has 1 aliphatic heterocycles. The van der Waals surface area contributed by atoms with Crippen molar-refractivity contribution in [1.29, 1.82) is 0 Å². The minimum atomic E-state index is -0.542. The van der Waals surface area contributed by atoms with Gasteiger partial charge in [-0.15, -0.1) is 11.3 Å². The maximum absolute atomic E-state index is 12.8. The molecule has 1 aliphatic rings. The first-order valence-corrected chi connectivity index (χ1v) is 10.1. The maximum Gasteiger partial charge on any atom is 0.233 e. The lowest BCUT2D eigenvalue weighted by atomic mass is 9.79. The molecule has 140 valence electrons. The molecule has 2 heterocycles. The summed E-state index contributed by atoms with van der Waals surface area (Å²) in [6.45, 7) is 5.71. The number of benzene rings is 1. The van der Waals surface area contributed by atoms with E-state index in [0.29, 0.717) is 37.7 Å². The lowest BCUT2D eigenvalue weighted by molar-refractivity contribution is -0.130. The second-order valence-electron chi connectivity index (χ2n) is 6.92. The van der Waals surface area contributed by atoms with Gasteiger partial charge in [0.15, 0.2) is 5.13 Å². The zero-order valence-corrected chi connectivity index (χ0v) is 16.3. The van der Waals surface area contributed by atoms with E-state index in [1.807, 2.05) is 6.92 Å². The number of rotatable bonds is 6. The van der Waals surface area contributed by atoms with E-state index >= 15 is 0 Å². The second-order valence-corrected chi connectivity index (χ2v) is 8.12. The molecule has 2 aromatic rings. The van der Waals surface area contributed by atoms with Crippen LogP contribution in [0.3, 0.4) is 0 Å². The van der Waals surface area contributed by atoms with Gasteiger partial charge in [0, 0.05) is 30.2 Å². The Kier molecular flexibility index (Phi) is 6.06. The van der Waals surface area contributed by atoms with E-state index in [1.165, 1.54) is 16.9 Å². The molecule has 1 amide bonds. The number of hydrogen-bond acceptors (Lipinski definition) is 5. The van der Waals surface area contributed by atoms with Gasteiger partial charge in [-0.05, 0) is 31.7 Å². The quantitative estimate of drug-likeness (QED) is 0.808. The van der Waals surface area contributed by atoms with Crippen molar-refractivity contribution in [1.82, 2.24) is 4.98 Å². The highest BCUT2D eigenvalue weighted by atomic mass is 32.1. The number of thiazole rings is 1. The number of aryl methyl sites for hydroxylation is 2. The second kappa shape index (κ2) is 8.29. The van der Waals surface area contributed by atoms with Gasteiger partial charge in [-0.3, -0.25) is 4.79 Å². The van der Waals surface area contributed by atoms with Crippen LogP contribution in [0, 0.1) is 12.3 Å². The Labute approximate surface area is 159 Å². The summed E-state index contributed by atoms with van der Waals surface area (Å²) >= 11 is 1.51. The van der Waals surface area contributed by atoms with Gasteiger partial charge in [-0.1, -0.05) is 37.6 Å². The van der Waals surface area contributed by atoms with Crippen LogP contribution < -0.4 is 11.1 Å². The van der Waals surface area contributed by atoms with Gasteiger partial charge >= 0.3 is 0 Å². The summed E-state index contributed by atoms with van der Waals surface area (Å²) in [5.41, 5.74) is 8.73. The smallest absolute Gasteiger partial charge is 0.233 e. The van der Waals surface area contributed by atoms with Crippen LogP contribution in [0.15, 0.2) is 24.3 Å². The zero-order valence-electron chi connectivity index (χ0n) is 15.5. The first-order chi connectivity index (χ1) is 12.6. The van der Waals surface area contributed by atoms with Crippen molar-refractivity contribution in [3.8, 4) is 11.3 Å². The van der Waals surface area contributed by atoms with Gasteiger partial charge in [-0.2, -0.15) is 0 Å². The zero-order chi connectivity index (χ0) is 18.6. The summed E-state index contributed by atoms with van der Waals surface area (Å²) in [5, 5.41) is 3.64. The Hall–Kier alpha value is -1.76. The van der Waals surface area contributed by atoms with Crippen LogP contribution >= 0.6 is 11.3 Å². The van der Waals surface area contributed by atoms with Crippen LogP contribution in [-0.2, 0) is 16.0 Å². The van der Waals surface area contributed by atoms with Crippen LogP contribution in [0.2, 0.25) is 0 Å². The van der Waals surface area contributed by atoms with E-state index in [-0.39, 0.29) is 5.91 Å². The van der Waals surface area contributed by atoms with Crippen LogP contribution in [-0.4, -0.2) is 30.6 Å². The third-order valence-electron chi connectivity index (χ3n) is 5.11. The molecule has 1 aromatic heterocycles. The standard InChI is InChI=1S/C20H27N3O2S/c1-3-4-15-5-7-16(8-6-15)17-14(2)26-19(22-17)23-18(24)20(13-21)9-11-25-12-10-20/h5-8H,3-4,9-13,21H2,1-2H3,(H,22,23,24). The number of aromatic nitrogens is 1. The molecule has 0 atom stereocenters. The van der Waals surface area contributed by atoms with Crippen LogP contribution in [0.4, 0.5) is 5.13 Å². The van der Waals surface area contributed by atoms with Crippen molar-refractivity contribution in [2.45, 2.75) is 39.5 Å². The van der Waals surface area contributed by atoms with Gasteiger partial charge in [-0.25, -0.2) is 4.98 Å². The summed E-state index contributed by atoms with van der Waals surface area (Å²) in [6.07, 6.45) is 3.54. The Bertz CT molecular complexity index is 749. The van der Waals surface area contributed by atoms with Crippen molar-refractivity contribution in [3.05, 3.63) is 34.7 Å². The lowest BCUT2D eigenvalue weighted by Crippen LogP contribution is -2.46. The summed E-state index contributed by atoms with van der Waals surface area (Å²) in [5.74, 6) is -0.0399. The summed E-state index contributed by atoms with van der Waals surface area (Å²) in [4.78, 5) is 18.6. The van der Waals surface area contributed by atoms with E-state index in [2.05, 4.69) is 41.5 Å². The van der Waals surface area contributed by atoms with Gasteiger partial charge < -0.3 is 15.8 Å². The largest absolute Gasteiger partial charge is 0.381 e. The number of nitrogens with two attached hydrogens (primary N) is 1. The van der Waals surface area contributed by atoms with Gasteiger partial charge in [0.1, 0.15) is 0 Å². The molecule has 5 nitrogen and oxygen atoms in total. The van der Waals surface area contributed by atoms with Gasteiger partial charge in [0.2, 0.25) is 5.91 Å². The molecule has 0 bridgehead atoms. The predicted molar refractivity (Wildman–Crippen MR) is 106 cm³/mol. The summed E-state index contributed by atoms with van der Waals surface area (Å²) in [7, 11) is 0. The van der Waals surface area contributed by atoms with Crippen molar-refractivity contribution >= 4 is 22.4 Å². The molecule has 1 aromatic carbocycles. The molecule has 6 heteroatoms. The van der Waals surface area contributed by atoms with Gasteiger partial charge in [0.25, 0.3) is 0 Å². The van der Waals surface area contributed by atoms with E-state index in [0.717, 1.165) is 29.0 Å². The van der Waals surface area contributed by atoms with Crippen molar-refractivity contribution in [2.75, 3.05) is 25.1 Å². The molecular weight excluding hydrogens is 346 g/mol. The molecule has 0 saturated carbocycles. The summed E-state index contributed by atoms with van der Waals surface area (Å²) < 4.78 is 5.39. The van der Waals surface area contributed by atoms with Crippen molar-refractivity contribution in [2.24, 2.45) is 11.1 Å². The average molecular weight is 374 g/mol. The Morgan fingerprint density at radius 2 is 2.00 bits per heavy atom. The molecule has 0 aliphatic carbocycles. The van der Waals surface area contributed by atoms with E-state index < -0.39 is 5.41 Å². The van der Waals surface area contributed by atoms with Crippen LogP contribution in [0.25, 0.3) is 11.3 Å². The Morgan fingerprint density at radius 3 is 2.62 bits per heavy atom. The minimum absolute atomic E-state index is 0.0399. The number of hydrogen-bond donors (Lipinski definition) is 2. The number of carbonyl (C=O) groups excluding carboxylic acids is 1. The maximum atomic E-state index is 12.8. The predicted octanol–water partition coefficient (Wildman–Crippen LogP) is 3.77. The number of nitrogens with one attached hydrogen (secondary N) is 1. The molecule has 0 spiro atoms. The number of carbonyl (C=O) groups is 1. The normalized spacial score (nSPS) is 16.4. The fourth-order valence-electron chi connectivity index (χ4n) is 3.35. The third kappa shape index (κ3) is 3.98. The first kappa shape index (κ1) is 19.0. The SMILES string of the molecule is CCCc1ccc(-c2nc(NC(=O)C3(CN)CCOCC3)sc2C)cc1. The highest BCUT2D eigenvalue weighted by molar-refractivity contribution is 7.16. The highest BCUT2D eigenvalue weighted by Crippen LogP contribution is 2.34. The molecular formula is C20H27N3O2S. The van der Waals surface area contributed by atoms with E-state index in [1.54, 1.807) is 0 Å². The third-order valence-corrected chi connectivity index (χ3v) is 5.99. The van der Waals surface area contributed by atoms with E-state index in [4.69, 9.17) is 10.5 Å². The lowest BCUT2D eigenvalue weighted by Gasteiger charge is -2.34. The Morgan fingerprint density at radius 1 is 1.31 bits per heavy atom. The number of anilines is 1. The van der Waals surface area contributed by atoms with Crippen LogP contribution in [0.5, 0.6) is 0 Å². The van der Waals surface area contributed by atoms with Gasteiger partial charge in [0.05, 0.1) is 11.1 Å². The monoisotopic (exact) mass is 373 g/mol. The Balaban J connectivity index is 1.76. The van der Waals surface area contributed by atoms with Crippen molar-refractivity contribution < 1.29 is 9.53 Å². The average Bonchev–Trinajstić information content (AvgIpc) is 3.03. The first-order valence-electron chi connectivity index (χ1n) is 9.24. The number of amides is 1. The molecule has 1 saturated heterocycles. The molecule has 3 N–H and O–H groups in total. The fraction of sp³-hybridized carbons (Fsp3) is 0.500. The molecule has 1 fully saturated rings. The van der Waals surface area contributed by atoms with Crippen molar-refractivity contribution in [3.63, 3.8) is 0 Å². The fourth-order valence-corrected chi connectivity index (χ4v) is 4.18.